The monoisotopic (exact) mass is 918 g/mol. The first-order valence-corrected chi connectivity index (χ1v) is 22.0. The number of nitrogens with one attached hydrogen (secondary N) is 3. The number of hydrogen-bond donors (Lipinski definition) is 3. The summed E-state index contributed by atoms with van der Waals surface area (Å²) in [6.45, 7) is 7.26. The van der Waals surface area contributed by atoms with Crippen molar-refractivity contribution in [1.29, 1.82) is 0 Å². The Morgan fingerprint density at radius 1 is 0.985 bits per heavy atom. The number of rotatable bonds is 12. The highest BCUT2D eigenvalue weighted by Gasteiger charge is 2.38. The largest absolute Gasteiger partial charge is 0.494 e. The molecule has 1 unspecified atom stereocenters. The molecule has 5 aromatic rings. The van der Waals surface area contributed by atoms with Gasteiger partial charge in [0.2, 0.25) is 17.7 Å². The molecule has 4 aliphatic heterocycles. The van der Waals surface area contributed by atoms with Gasteiger partial charge in [0, 0.05) is 63.8 Å². The van der Waals surface area contributed by atoms with E-state index in [1.54, 1.807) is 41.7 Å². The predicted molar refractivity (Wildman–Crippen MR) is 240 cm³/mol. The number of anilines is 1. The lowest BCUT2D eigenvalue weighted by molar-refractivity contribution is -0.123. The number of nitrogens with zero attached hydrogens (tertiary/aromatic N) is 9. The third kappa shape index (κ3) is 8.37. The van der Waals surface area contributed by atoms with Crippen molar-refractivity contribution in [3.63, 3.8) is 0 Å². The van der Waals surface area contributed by atoms with Gasteiger partial charge < -0.3 is 25.0 Å². The minimum absolute atomic E-state index is 0.00625. The minimum atomic E-state index is -0.657. The molecule has 0 spiro atoms. The molecule has 9 rings (SSSR count). The van der Waals surface area contributed by atoms with Crippen molar-refractivity contribution >= 4 is 75.4 Å². The van der Waals surface area contributed by atoms with Crippen LogP contribution in [0.1, 0.15) is 68.0 Å². The number of benzene rings is 3. The summed E-state index contributed by atoms with van der Waals surface area (Å²) in [6.07, 6.45) is 0.0925. The molecule has 1 fully saturated rings. The Kier molecular flexibility index (Phi) is 11.8. The zero-order valence-corrected chi connectivity index (χ0v) is 37.4. The lowest BCUT2D eigenvalue weighted by atomic mass is 9.99. The molecule has 3 aromatic carbocycles. The number of fused-ring (bicyclic) bond motifs is 5. The average molecular weight is 919 g/mol. The van der Waals surface area contributed by atoms with Crippen LogP contribution in [0.15, 0.2) is 69.8 Å². The molecule has 4 aliphatic rings. The molecule has 0 bridgehead atoms. The molecule has 2 aromatic heterocycles. The number of ether oxygens (including phenoxy) is 2. The third-order valence-electron chi connectivity index (χ3n) is 11.5. The molecule has 6 heterocycles. The number of thiophene rings is 1. The van der Waals surface area contributed by atoms with Crippen LogP contribution in [0.2, 0.25) is 5.02 Å². The number of aliphatic imine (C=N–C) groups is 1. The van der Waals surface area contributed by atoms with E-state index in [2.05, 4.69) is 50.2 Å². The molecular formula is C44H43ClN12O7S. The van der Waals surface area contributed by atoms with Crippen LogP contribution in [-0.4, -0.2) is 107 Å². The number of amides is 6. The molecule has 65 heavy (non-hydrogen) atoms. The van der Waals surface area contributed by atoms with Crippen LogP contribution in [0.3, 0.4) is 0 Å². The number of carbonyl (C=O) groups excluding carboxylic acids is 5. The van der Waals surface area contributed by atoms with Crippen LogP contribution in [0, 0.1) is 20.8 Å². The van der Waals surface area contributed by atoms with E-state index in [0.29, 0.717) is 69.5 Å². The van der Waals surface area contributed by atoms with Gasteiger partial charge in [0.05, 0.1) is 56.8 Å². The number of hydrazine groups is 1. The van der Waals surface area contributed by atoms with E-state index in [0.717, 1.165) is 32.3 Å². The van der Waals surface area contributed by atoms with Gasteiger partial charge in [0.15, 0.2) is 5.82 Å². The first-order chi connectivity index (χ1) is 31.4. The van der Waals surface area contributed by atoms with Gasteiger partial charge in [-0.05, 0) is 50.6 Å². The van der Waals surface area contributed by atoms with Crippen LogP contribution in [0.4, 0.5) is 21.9 Å². The van der Waals surface area contributed by atoms with Gasteiger partial charge in [0.25, 0.3) is 5.91 Å². The Balaban J connectivity index is 0.827. The summed E-state index contributed by atoms with van der Waals surface area (Å²) < 4.78 is 13.7. The van der Waals surface area contributed by atoms with Crippen LogP contribution >= 0.6 is 22.9 Å². The van der Waals surface area contributed by atoms with Crippen molar-refractivity contribution in [3.8, 4) is 16.5 Å². The molecule has 21 heteroatoms. The summed E-state index contributed by atoms with van der Waals surface area (Å²) in [6, 6.07) is 14.6. The molecule has 0 radical (unpaired) electrons. The first-order valence-electron chi connectivity index (χ1n) is 20.8. The van der Waals surface area contributed by atoms with Gasteiger partial charge in [-0.1, -0.05) is 29.8 Å². The maximum Gasteiger partial charge on any atom is 0.342 e. The number of urea groups is 1. The lowest BCUT2D eigenvalue weighted by Gasteiger charge is -2.33. The fourth-order valence-electron chi connectivity index (χ4n) is 8.24. The number of aryl methyl sites for hydroxylation is 2. The maximum absolute atomic E-state index is 13.5. The topological polar surface area (TPSA) is 217 Å². The van der Waals surface area contributed by atoms with Gasteiger partial charge >= 0.3 is 6.03 Å². The van der Waals surface area contributed by atoms with Crippen LogP contribution in [0.25, 0.3) is 5.00 Å². The SMILES string of the molecule is COc1cc(N=Nc2cccc3c2CN(N2CCC(=O)NC2=O)C3=O)cc2c1N(CC(=O)NCCNC(=O)CC1N=C(c3ccc(Cl)cc3)c3c(sc(C)c3C)-n3c(C)nnc31)CCO2. The van der Waals surface area contributed by atoms with E-state index in [4.69, 9.17) is 26.1 Å². The molecule has 0 saturated carbocycles. The predicted octanol–water partition coefficient (Wildman–Crippen LogP) is 5.56. The summed E-state index contributed by atoms with van der Waals surface area (Å²) in [4.78, 5) is 72.4. The van der Waals surface area contributed by atoms with E-state index in [1.807, 2.05) is 40.7 Å². The molecule has 0 aliphatic carbocycles. The standard InChI is InChI=1S/C44H43ClN12O7S/c1-23-24(2)65-43-38(23)39(26-8-10-27(45)11-9-26)48-32(41-53-50-25(3)57(41)43)20-36(59)46-13-14-47-37(60)22-54-16-17-64-34-19-28(18-33(63-4)40(34)54)51-52-31-7-5-6-29-30(31)21-56(42(29)61)55-15-12-35(58)49-44(55)62/h5-11,18-19,32H,12-17,20-22H2,1-4H3,(H,46,59)(H,47,60)(H,49,58,62). The zero-order valence-electron chi connectivity index (χ0n) is 35.8. The Morgan fingerprint density at radius 3 is 2.54 bits per heavy atom. The van der Waals surface area contributed by atoms with E-state index in [9.17, 15) is 24.0 Å². The Hall–Kier alpha value is -7.19. The average Bonchev–Trinajstić information content (AvgIpc) is 3.91. The van der Waals surface area contributed by atoms with Gasteiger partial charge in [-0.15, -0.1) is 21.5 Å². The zero-order chi connectivity index (χ0) is 45.5. The fraction of sp³-hybridized carbons (Fsp3) is 0.318. The van der Waals surface area contributed by atoms with Crippen LogP contribution < -0.4 is 30.3 Å². The summed E-state index contributed by atoms with van der Waals surface area (Å²) in [7, 11) is 1.51. The Morgan fingerprint density at radius 2 is 1.77 bits per heavy atom. The Labute approximate surface area is 381 Å². The van der Waals surface area contributed by atoms with Crippen molar-refractivity contribution < 1.29 is 33.4 Å². The lowest BCUT2D eigenvalue weighted by Crippen LogP contribution is -2.56. The first kappa shape index (κ1) is 43.1. The minimum Gasteiger partial charge on any atom is -0.494 e. The highest BCUT2D eigenvalue weighted by molar-refractivity contribution is 7.15. The van der Waals surface area contributed by atoms with Gasteiger partial charge in [-0.3, -0.25) is 34.1 Å². The highest BCUT2D eigenvalue weighted by atomic mass is 35.5. The number of carbonyl (C=O) groups is 5. The van der Waals surface area contributed by atoms with Crippen LogP contribution in [0.5, 0.6) is 11.5 Å². The summed E-state index contributed by atoms with van der Waals surface area (Å²) in [5.41, 5.74) is 6.08. The van der Waals surface area contributed by atoms with Crippen molar-refractivity contribution in [2.75, 3.05) is 51.3 Å². The maximum atomic E-state index is 13.5. The van der Waals surface area contributed by atoms with Gasteiger partial charge in [-0.2, -0.15) is 10.2 Å². The number of azo groups is 1. The molecule has 334 valence electrons. The van der Waals surface area contributed by atoms with Crippen molar-refractivity contribution in [2.45, 2.75) is 46.2 Å². The van der Waals surface area contributed by atoms with E-state index in [-0.39, 0.29) is 63.3 Å². The second kappa shape index (κ2) is 17.8. The van der Waals surface area contributed by atoms with E-state index in [1.165, 1.54) is 17.1 Å². The van der Waals surface area contributed by atoms with Gasteiger partial charge in [-0.25, -0.2) is 14.8 Å². The summed E-state index contributed by atoms with van der Waals surface area (Å²) >= 11 is 7.88. The smallest absolute Gasteiger partial charge is 0.342 e. The Bertz CT molecular complexity index is 2820. The second-order valence-corrected chi connectivity index (χ2v) is 17.3. The van der Waals surface area contributed by atoms with Crippen molar-refractivity contribution in [1.82, 2.24) is 40.7 Å². The van der Waals surface area contributed by atoms with Crippen molar-refractivity contribution in [2.24, 2.45) is 15.2 Å². The van der Waals surface area contributed by atoms with E-state index >= 15 is 0 Å². The summed E-state index contributed by atoms with van der Waals surface area (Å²) in [5.74, 6) is 0.823. The molecular weight excluding hydrogens is 876 g/mol. The fourth-order valence-corrected chi connectivity index (χ4v) is 9.58. The third-order valence-corrected chi connectivity index (χ3v) is 13.0. The normalized spacial score (nSPS) is 16.6. The number of methoxy groups -OCH3 is 1. The summed E-state index contributed by atoms with van der Waals surface area (Å²) in [5, 5.41) is 29.9. The van der Waals surface area contributed by atoms with Crippen molar-refractivity contribution in [3.05, 3.63) is 104 Å². The van der Waals surface area contributed by atoms with Gasteiger partial charge in [0.1, 0.15) is 40.7 Å². The number of halogens is 1. The molecule has 1 atom stereocenters. The van der Waals surface area contributed by atoms with E-state index < -0.39 is 18.0 Å². The van der Waals surface area contributed by atoms with Crippen LogP contribution in [-0.2, 0) is 20.9 Å². The molecule has 1 saturated heterocycles. The molecule has 6 amide bonds. The molecule has 3 N–H and O–H groups in total. The second-order valence-electron chi connectivity index (χ2n) is 15.7. The molecule has 19 nitrogen and oxygen atoms in total. The highest BCUT2D eigenvalue weighted by Crippen LogP contribution is 2.44. The quantitative estimate of drug-likeness (QED) is 0.105. The number of aromatic nitrogens is 3. The number of imide groups is 1. The number of hydrogen-bond acceptors (Lipinski definition) is 14.